The maximum Gasteiger partial charge on any atom is 0.223 e. The number of carbonyl (C=O) groups excluding carboxylic acids is 1. The molecule has 3 rings (SSSR count). The first-order valence-electron chi connectivity index (χ1n) is 6.56. The van der Waals surface area contributed by atoms with Crippen LogP contribution in [0.25, 0.3) is 0 Å². The minimum Gasteiger partial charge on any atom is -0.338 e. The lowest BCUT2D eigenvalue weighted by molar-refractivity contribution is -0.132. The van der Waals surface area contributed by atoms with Gasteiger partial charge in [0.15, 0.2) is 0 Å². The second-order valence-electron chi connectivity index (χ2n) is 4.76. The first kappa shape index (κ1) is 12.4. The van der Waals surface area contributed by atoms with Crippen molar-refractivity contribution in [1.82, 2.24) is 9.88 Å². The van der Waals surface area contributed by atoms with Gasteiger partial charge >= 0.3 is 0 Å². The number of benzene rings is 1. The third-order valence-corrected chi connectivity index (χ3v) is 4.36. The number of aromatic nitrogens is 1. The molecular weight excluding hydrogens is 256 g/mol. The first-order chi connectivity index (χ1) is 9.33. The summed E-state index contributed by atoms with van der Waals surface area (Å²) in [5, 5.41) is 3.00. The van der Waals surface area contributed by atoms with Crippen molar-refractivity contribution in [3.05, 3.63) is 52.0 Å². The molecule has 0 bridgehead atoms. The maximum atomic E-state index is 12.2. The van der Waals surface area contributed by atoms with E-state index in [9.17, 15) is 4.79 Å². The molecule has 2 aromatic rings. The Kier molecular flexibility index (Phi) is 3.60. The van der Waals surface area contributed by atoms with Crippen molar-refractivity contribution in [2.24, 2.45) is 0 Å². The molecule has 0 fully saturated rings. The summed E-state index contributed by atoms with van der Waals surface area (Å²) >= 11 is 1.62. The second kappa shape index (κ2) is 5.53. The van der Waals surface area contributed by atoms with Crippen LogP contribution in [0.1, 0.15) is 22.6 Å². The Morgan fingerprint density at radius 3 is 2.95 bits per heavy atom. The molecule has 0 radical (unpaired) electrons. The zero-order valence-corrected chi connectivity index (χ0v) is 11.5. The highest BCUT2D eigenvalue weighted by Crippen LogP contribution is 2.19. The first-order valence-corrected chi connectivity index (χ1v) is 7.44. The van der Waals surface area contributed by atoms with Crippen LogP contribution < -0.4 is 0 Å². The standard InChI is InChI=1S/C15H16N2OS/c18-15(6-5-14-16-8-10-19-14)17-9-7-12-3-1-2-4-13(12)11-17/h1-4,8,10H,5-7,9,11H2. The molecule has 19 heavy (non-hydrogen) atoms. The number of aryl methyl sites for hydroxylation is 1. The Bertz CT molecular complexity index is 565. The monoisotopic (exact) mass is 272 g/mol. The molecule has 0 saturated carbocycles. The van der Waals surface area contributed by atoms with E-state index in [1.807, 2.05) is 16.3 Å². The molecule has 1 aliphatic rings. The van der Waals surface area contributed by atoms with Crippen LogP contribution in [0.15, 0.2) is 35.8 Å². The number of hydrogen-bond donors (Lipinski definition) is 0. The highest BCUT2D eigenvalue weighted by molar-refractivity contribution is 7.09. The van der Waals surface area contributed by atoms with E-state index in [4.69, 9.17) is 0 Å². The van der Waals surface area contributed by atoms with Gasteiger partial charge in [0, 0.05) is 37.5 Å². The number of carbonyl (C=O) groups is 1. The van der Waals surface area contributed by atoms with Gasteiger partial charge in [-0.1, -0.05) is 24.3 Å². The fourth-order valence-electron chi connectivity index (χ4n) is 2.46. The van der Waals surface area contributed by atoms with E-state index in [1.165, 1.54) is 11.1 Å². The van der Waals surface area contributed by atoms with Crippen molar-refractivity contribution >= 4 is 17.2 Å². The van der Waals surface area contributed by atoms with Crippen molar-refractivity contribution in [3.8, 4) is 0 Å². The molecule has 0 unspecified atom stereocenters. The molecule has 0 aliphatic carbocycles. The molecule has 98 valence electrons. The second-order valence-corrected chi connectivity index (χ2v) is 5.74. The Hall–Kier alpha value is -1.68. The number of thiazole rings is 1. The SMILES string of the molecule is O=C(CCc1nccs1)N1CCc2ccccc2C1. The minimum absolute atomic E-state index is 0.240. The van der Waals surface area contributed by atoms with E-state index in [1.54, 1.807) is 17.5 Å². The Balaban J connectivity index is 1.60. The van der Waals surface area contributed by atoms with Crippen LogP contribution in [0.3, 0.4) is 0 Å². The van der Waals surface area contributed by atoms with Crippen molar-refractivity contribution in [2.45, 2.75) is 25.8 Å². The molecule has 0 atom stereocenters. The molecule has 0 saturated heterocycles. The van der Waals surface area contributed by atoms with Crippen LogP contribution in [-0.2, 0) is 24.2 Å². The van der Waals surface area contributed by atoms with Crippen LogP contribution >= 0.6 is 11.3 Å². The van der Waals surface area contributed by atoms with Crippen LogP contribution in [0.5, 0.6) is 0 Å². The Morgan fingerprint density at radius 2 is 2.16 bits per heavy atom. The van der Waals surface area contributed by atoms with Gasteiger partial charge in [0.05, 0.1) is 5.01 Å². The summed E-state index contributed by atoms with van der Waals surface area (Å²) in [6, 6.07) is 8.39. The van der Waals surface area contributed by atoms with E-state index in [2.05, 4.69) is 23.2 Å². The molecule has 1 aromatic heterocycles. The van der Waals surface area contributed by atoms with E-state index in [0.29, 0.717) is 6.42 Å². The van der Waals surface area contributed by atoms with Gasteiger partial charge in [-0.25, -0.2) is 4.98 Å². The van der Waals surface area contributed by atoms with Gasteiger partial charge in [-0.2, -0.15) is 0 Å². The van der Waals surface area contributed by atoms with Gasteiger partial charge in [-0.15, -0.1) is 11.3 Å². The van der Waals surface area contributed by atoms with Gasteiger partial charge in [0.2, 0.25) is 5.91 Å². The fourth-order valence-corrected chi connectivity index (χ4v) is 3.08. The van der Waals surface area contributed by atoms with E-state index >= 15 is 0 Å². The lowest BCUT2D eigenvalue weighted by Crippen LogP contribution is -2.36. The quantitative estimate of drug-likeness (QED) is 0.860. The molecule has 1 aliphatic heterocycles. The average molecular weight is 272 g/mol. The summed E-state index contributed by atoms with van der Waals surface area (Å²) in [5.74, 6) is 0.240. The van der Waals surface area contributed by atoms with Gasteiger partial charge in [0.25, 0.3) is 0 Å². The molecule has 0 spiro atoms. The number of fused-ring (bicyclic) bond motifs is 1. The summed E-state index contributed by atoms with van der Waals surface area (Å²) in [4.78, 5) is 18.4. The van der Waals surface area contributed by atoms with Gasteiger partial charge in [0.1, 0.15) is 0 Å². The predicted molar refractivity (Wildman–Crippen MR) is 76.0 cm³/mol. The molecule has 1 aromatic carbocycles. The summed E-state index contributed by atoms with van der Waals surface area (Å²) in [6.45, 7) is 1.60. The molecule has 0 N–H and O–H groups in total. The molecule has 1 amide bonds. The molecular formula is C15H16N2OS. The largest absolute Gasteiger partial charge is 0.338 e. The molecule has 3 nitrogen and oxygen atoms in total. The number of nitrogens with zero attached hydrogens (tertiary/aromatic N) is 2. The number of hydrogen-bond acceptors (Lipinski definition) is 3. The molecule has 2 heterocycles. The highest BCUT2D eigenvalue weighted by atomic mass is 32.1. The summed E-state index contributed by atoms with van der Waals surface area (Å²) in [5.41, 5.74) is 2.67. The van der Waals surface area contributed by atoms with Crippen LogP contribution in [-0.4, -0.2) is 22.3 Å². The topological polar surface area (TPSA) is 33.2 Å². The number of amides is 1. The van der Waals surface area contributed by atoms with Crippen molar-refractivity contribution in [2.75, 3.05) is 6.54 Å². The normalized spacial score (nSPS) is 14.2. The van der Waals surface area contributed by atoms with Gasteiger partial charge in [-0.05, 0) is 17.5 Å². The van der Waals surface area contributed by atoms with Crippen LogP contribution in [0.2, 0.25) is 0 Å². The van der Waals surface area contributed by atoms with Crippen molar-refractivity contribution in [3.63, 3.8) is 0 Å². The minimum atomic E-state index is 0.240. The summed E-state index contributed by atoms with van der Waals surface area (Å²) < 4.78 is 0. The number of rotatable bonds is 3. The smallest absolute Gasteiger partial charge is 0.223 e. The zero-order valence-electron chi connectivity index (χ0n) is 10.7. The lowest BCUT2D eigenvalue weighted by atomic mass is 9.99. The third-order valence-electron chi connectivity index (χ3n) is 3.52. The summed E-state index contributed by atoms with van der Waals surface area (Å²) in [7, 11) is 0. The zero-order chi connectivity index (χ0) is 13.1. The van der Waals surface area contributed by atoms with E-state index in [-0.39, 0.29) is 5.91 Å². The highest BCUT2D eigenvalue weighted by Gasteiger charge is 2.20. The third kappa shape index (κ3) is 2.84. The van der Waals surface area contributed by atoms with Crippen molar-refractivity contribution < 1.29 is 4.79 Å². The summed E-state index contributed by atoms with van der Waals surface area (Å²) in [6.07, 6.45) is 4.09. The molecule has 4 heteroatoms. The van der Waals surface area contributed by atoms with Crippen LogP contribution in [0, 0.1) is 0 Å². The Labute approximate surface area is 116 Å². The van der Waals surface area contributed by atoms with Gasteiger partial charge < -0.3 is 4.90 Å². The van der Waals surface area contributed by atoms with Crippen LogP contribution in [0.4, 0.5) is 0 Å². The van der Waals surface area contributed by atoms with E-state index in [0.717, 1.165) is 30.9 Å². The van der Waals surface area contributed by atoms with Crippen molar-refractivity contribution in [1.29, 1.82) is 0 Å². The van der Waals surface area contributed by atoms with Gasteiger partial charge in [-0.3, -0.25) is 4.79 Å². The Morgan fingerprint density at radius 1 is 1.32 bits per heavy atom. The van der Waals surface area contributed by atoms with E-state index < -0.39 is 0 Å². The predicted octanol–water partition coefficient (Wildman–Crippen LogP) is 2.66. The lowest BCUT2D eigenvalue weighted by Gasteiger charge is -2.28. The fraction of sp³-hybridized carbons (Fsp3) is 0.333. The average Bonchev–Trinajstić information content (AvgIpc) is 2.97. The maximum absolute atomic E-state index is 12.2.